The number of benzene rings is 2. The number of anilines is 2. The van der Waals surface area contributed by atoms with Gasteiger partial charge < -0.3 is 4.74 Å². The van der Waals surface area contributed by atoms with E-state index in [-0.39, 0.29) is 29.0 Å². The first-order chi connectivity index (χ1) is 14.2. The summed E-state index contributed by atoms with van der Waals surface area (Å²) < 4.78 is 5.60. The number of aromatic nitrogens is 1. The zero-order chi connectivity index (χ0) is 22.0. The largest absolute Gasteiger partial charge is 0.480 e. The molecule has 156 valence electrons. The Morgan fingerprint density at radius 2 is 1.90 bits per heavy atom. The number of hydrogen-bond donors (Lipinski definition) is 0. The van der Waals surface area contributed by atoms with Crippen LogP contribution in [0.2, 0.25) is 5.02 Å². The lowest BCUT2D eigenvalue weighted by Crippen LogP contribution is -2.24. The van der Waals surface area contributed by atoms with Crippen molar-refractivity contribution in [2.24, 2.45) is 0 Å². The van der Waals surface area contributed by atoms with Gasteiger partial charge in [-0.15, -0.1) is 11.3 Å². The van der Waals surface area contributed by atoms with Crippen molar-refractivity contribution < 1.29 is 14.5 Å². The van der Waals surface area contributed by atoms with Gasteiger partial charge in [0.05, 0.1) is 16.3 Å². The van der Waals surface area contributed by atoms with Gasteiger partial charge in [0, 0.05) is 23.4 Å². The molecule has 0 aliphatic carbocycles. The van der Waals surface area contributed by atoms with E-state index in [9.17, 15) is 14.9 Å². The molecule has 1 aromatic heterocycles. The molecule has 3 rings (SSSR count). The quantitative estimate of drug-likeness (QED) is 0.348. The minimum Gasteiger partial charge on any atom is -0.480 e. The first kappa shape index (κ1) is 21.7. The van der Waals surface area contributed by atoms with Crippen LogP contribution >= 0.6 is 22.9 Å². The minimum atomic E-state index is -0.548. The summed E-state index contributed by atoms with van der Waals surface area (Å²) in [5, 5.41) is 13.7. The molecule has 1 heterocycles. The molecule has 0 aliphatic rings. The Kier molecular flexibility index (Phi) is 6.38. The summed E-state index contributed by atoms with van der Waals surface area (Å²) in [6.45, 7) is 7.45. The zero-order valence-corrected chi connectivity index (χ0v) is 18.5. The van der Waals surface area contributed by atoms with Crippen molar-refractivity contribution in [3.63, 3.8) is 0 Å². The van der Waals surface area contributed by atoms with E-state index in [1.165, 1.54) is 36.5 Å². The Hall–Kier alpha value is -2.97. The number of rotatable bonds is 6. The van der Waals surface area contributed by atoms with Crippen molar-refractivity contribution in [3.8, 4) is 5.75 Å². The van der Waals surface area contributed by atoms with Gasteiger partial charge in [-0.2, -0.15) is 0 Å². The van der Waals surface area contributed by atoms with Crippen molar-refractivity contribution in [2.75, 3.05) is 4.90 Å². The van der Waals surface area contributed by atoms with Gasteiger partial charge >= 0.3 is 5.69 Å². The number of carbonyl (C=O) groups is 1. The average Bonchev–Trinajstić information content (AvgIpc) is 3.11. The Morgan fingerprint density at radius 3 is 2.50 bits per heavy atom. The molecule has 0 bridgehead atoms. The highest BCUT2D eigenvalue weighted by Crippen LogP contribution is 2.35. The number of halogens is 1. The SMILES string of the molecule is CC(=O)N(c1nc(COc2ccc(Cl)cc2[N+](=O)[O-])cs1)c1c(C)cc(C)cc1C. The number of amides is 1. The smallest absolute Gasteiger partial charge is 0.312 e. The van der Waals surface area contributed by atoms with Gasteiger partial charge in [-0.05, 0) is 44.0 Å². The molecule has 2 aromatic carbocycles. The standard InChI is InChI=1S/C21H20ClN3O4S/c1-12-7-13(2)20(14(3)8-12)24(15(4)26)21-23-17(11-30-21)10-29-19-6-5-16(22)9-18(19)25(27)28/h5-9,11H,10H2,1-4H3. The van der Waals surface area contributed by atoms with Crippen molar-refractivity contribution in [1.82, 2.24) is 4.98 Å². The van der Waals surface area contributed by atoms with E-state index >= 15 is 0 Å². The summed E-state index contributed by atoms with van der Waals surface area (Å²) in [6.07, 6.45) is 0. The van der Waals surface area contributed by atoms with Crippen LogP contribution in [0.25, 0.3) is 0 Å². The Labute approximate surface area is 183 Å². The van der Waals surface area contributed by atoms with Crippen LogP contribution in [0.5, 0.6) is 5.75 Å². The van der Waals surface area contributed by atoms with Gasteiger partial charge in [-0.25, -0.2) is 4.98 Å². The molecule has 0 unspecified atom stereocenters. The lowest BCUT2D eigenvalue weighted by molar-refractivity contribution is -0.385. The van der Waals surface area contributed by atoms with Crippen LogP contribution in [0.4, 0.5) is 16.5 Å². The molecule has 0 saturated heterocycles. The fraction of sp³-hybridized carbons (Fsp3) is 0.238. The summed E-state index contributed by atoms with van der Waals surface area (Å²) in [6, 6.07) is 8.26. The minimum absolute atomic E-state index is 0.0244. The van der Waals surface area contributed by atoms with Crippen molar-refractivity contribution >= 4 is 45.4 Å². The van der Waals surface area contributed by atoms with Gasteiger partial charge in [0.1, 0.15) is 6.61 Å². The number of aryl methyl sites for hydroxylation is 3. The summed E-state index contributed by atoms with van der Waals surface area (Å²) in [5.41, 5.74) is 4.24. The molecule has 1 amide bonds. The topological polar surface area (TPSA) is 85.6 Å². The second kappa shape index (κ2) is 8.81. The summed E-state index contributed by atoms with van der Waals surface area (Å²) in [5.74, 6) is -0.0483. The molecule has 0 fully saturated rings. The highest BCUT2D eigenvalue weighted by molar-refractivity contribution is 7.14. The molecule has 9 heteroatoms. The van der Waals surface area contributed by atoms with Gasteiger partial charge in [-0.1, -0.05) is 29.3 Å². The van der Waals surface area contributed by atoms with E-state index in [1.54, 1.807) is 10.3 Å². The van der Waals surface area contributed by atoms with Crippen LogP contribution < -0.4 is 9.64 Å². The fourth-order valence-corrected chi connectivity index (χ4v) is 4.31. The molecule has 0 aliphatic heterocycles. The van der Waals surface area contributed by atoms with Gasteiger partial charge in [0.25, 0.3) is 0 Å². The molecule has 0 saturated carbocycles. The normalized spacial score (nSPS) is 10.7. The van der Waals surface area contributed by atoms with Crippen molar-refractivity contribution in [1.29, 1.82) is 0 Å². The third-order valence-electron chi connectivity index (χ3n) is 4.40. The Bertz CT molecular complexity index is 1110. The third kappa shape index (κ3) is 4.60. The van der Waals surface area contributed by atoms with E-state index in [2.05, 4.69) is 4.98 Å². The maximum absolute atomic E-state index is 12.4. The molecule has 30 heavy (non-hydrogen) atoms. The Morgan fingerprint density at radius 1 is 1.23 bits per heavy atom. The molecular weight excluding hydrogens is 426 g/mol. The monoisotopic (exact) mass is 445 g/mol. The van der Waals surface area contributed by atoms with E-state index in [1.807, 2.05) is 32.9 Å². The zero-order valence-electron chi connectivity index (χ0n) is 16.9. The Balaban J connectivity index is 1.87. The first-order valence-electron chi connectivity index (χ1n) is 9.07. The molecule has 7 nitrogen and oxygen atoms in total. The van der Waals surface area contributed by atoms with E-state index in [0.717, 1.165) is 22.4 Å². The lowest BCUT2D eigenvalue weighted by atomic mass is 10.0. The van der Waals surface area contributed by atoms with Crippen LogP contribution in [0, 0.1) is 30.9 Å². The molecular formula is C21H20ClN3O4S. The molecule has 3 aromatic rings. The number of thiazole rings is 1. The maximum Gasteiger partial charge on any atom is 0.312 e. The second-order valence-electron chi connectivity index (χ2n) is 6.88. The van der Waals surface area contributed by atoms with Crippen molar-refractivity contribution in [3.05, 3.63) is 73.2 Å². The van der Waals surface area contributed by atoms with Crippen LogP contribution in [0.15, 0.2) is 35.7 Å². The third-order valence-corrected chi connectivity index (χ3v) is 5.51. The van der Waals surface area contributed by atoms with E-state index in [0.29, 0.717) is 10.8 Å². The number of hydrogen-bond acceptors (Lipinski definition) is 6. The van der Waals surface area contributed by atoms with Crippen LogP contribution in [0.1, 0.15) is 29.3 Å². The summed E-state index contributed by atoms with van der Waals surface area (Å²) >= 11 is 7.14. The summed E-state index contributed by atoms with van der Waals surface area (Å²) in [7, 11) is 0. The second-order valence-corrected chi connectivity index (χ2v) is 8.15. The number of nitrogens with zero attached hydrogens (tertiary/aromatic N) is 3. The number of ether oxygens (including phenoxy) is 1. The van der Waals surface area contributed by atoms with Gasteiger partial charge in [-0.3, -0.25) is 19.8 Å². The highest BCUT2D eigenvalue weighted by atomic mass is 35.5. The average molecular weight is 446 g/mol. The van der Waals surface area contributed by atoms with E-state index < -0.39 is 4.92 Å². The van der Waals surface area contributed by atoms with Crippen molar-refractivity contribution in [2.45, 2.75) is 34.3 Å². The highest BCUT2D eigenvalue weighted by Gasteiger charge is 2.22. The number of carbonyl (C=O) groups excluding carboxylic acids is 1. The van der Waals surface area contributed by atoms with Crippen LogP contribution in [-0.2, 0) is 11.4 Å². The lowest BCUT2D eigenvalue weighted by Gasteiger charge is -2.23. The van der Waals surface area contributed by atoms with Crippen LogP contribution in [-0.4, -0.2) is 15.8 Å². The van der Waals surface area contributed by atoms with Gasteiger partial charge in [0.15, 0.2) is 10.9 Å². The molecule has 0 N–H and O–H groups in total. The predicted octanol–water partition coefficient (Wildman–Crippen LogP) is 5.89. The van der Waals surface area contributed by atoms with Crippen LogP contribution in [0.3, 0.4) is 0 Å². The first-order valence-corrected chi connectivity index (χ1v) is 10.3. The molecule has 0 radical (unpaired) electrons. The maximum atomic E-state index is 12.4. The molecule has 0 atom stereocenters. The predicted molar refractivity (Wildman–Crippen MR) is 118 cm³/mol. The van der Waals surface area contributed by atoms with Gasteiger partial charge in [0.2, 0.25) is 5.91 Å². The number of nitro groups is 1. The fourth-order valence-electron chi connectivity index (χ4n) is 3.29. The number of nitro benzene ring substituents is 1. The van der Waals surface area contributed by atoms with E-state index in [4.69, 9.17) is 16.3 Å². The molecule has 0 spiro atoms. The summed E-state index contributed by atoms with van der Waals surface area (Å²) in [4.78, 5) is 29.2.